The Bertz CT molecular complexity index is 1400. The van der Waals surface area contributed by atoms with Crippen molar-refractivity contribution in [3.63, 3.8) is 0 Å². The molecule has 0 unspecified atom stereocenters. The fraction of sp³-hybridized carbons (Fsp3) is 0.308. The smallest absolute Gasteiger partial charge is 0.224 e. The maximum Gasteiger partial charge on any atom is 0.224 e. The van der Waals surface area contributed by atoms with Gasteiger partial charge in [0.15, 0.2) is 11.5 Å². The van der Waals surface area contributed by atoms with Crippen molar-refractivity contribution in [1.29, 1.82) is 0 Å². The van der Waals surface area contributed by atoms with Gasteiger partial charge in [-0.05, 0) is 42.5 Å². The molecule has 1 amide bonds. The van der Waals surface area contributed by atoms with Crippen molar-refractivity contribution < 1.29 is 14.3 Å². The van der Waals surface area contributed by atoms with Gasteiger partial charge in [-0.2, -0.15) is 4.52 Å². The van der Waals surface area contributed by atoms with Crippen LogP contribution in [0.5, 0.6) is 11.5 Å². The quantitative estimate of drug-likeness (QED) is 0.375. The van der Waals surface area contributed by atoms with Gasteiger partial charge in [0.05, 0.1) is 19.9 Å². The first kappa shape index (κ1) is 24.6. The first-order valence-electron chi connectivity index (χ1n) is 12.0. The van der Waals surface area contributed by atoms with Gasteiger partial charge in [-0.3, -0.25) is 4.79 Å². The van der Waals surface area contributed by atoms with E-state index in [1.807, 2.05) is 24.3 Å². The Morgan fingerprint density at radius 1 is 0.973 bits per heavy atom. The molecule has 1 N–H and O–H groups in total. The normalized spacial score (nSPS) is 13.6. The summed E-state index contributed by atoms with van der Waals surface area (Å²) in [4.78, 5) is 17.2. The lowest BCUT2D eigenvalue weighted by Gasteiger charge is -2.36. The third-order valence-electron chi connectivity index (χ3n) is 6.35. The van der Waals surface area contributed by atoms with Crippen molar-refractivity contribution in [3.05, 3.63) is 65.4 Å². The predicted molar refractivity (Wildman–Crippen MR) is 143 cm³/mol. The third-order valence-corrected chi connectivity index (χ3v) is 6.58. The maximum atomic E-state index is 12.6. The van der Waals surface area contributed by atoms with Crippen molar-refractivity contribution in [2.24, 2.45) is 0 Å². The second-order valence-corrected chi connectivity index (χ2v) is 9.08. The number of nitrogens with one attached hydrogen (secondary N) is 1. The highest BCUT2D eigenvalue weighted by atomic mass is 35.5. The molecule has 2 aromatic carbocycles. The number of ether oxygens (including phenoxy) is 2. The van der Waals surface area contributed by atoms with Gasteiger partial charge in [-0.15, -0.1) is 15.3 Å². The molecule has 0 bridgehead atoms. The Morgan fingerprint density at radius 3 is 2.57 bits per heavy atom. The van der Waals surface area contributed by atoms with Crippen LogP contribution in [0.2, 0.25) is 5.02 Å². The topological polar surface area (TPSA) is 97.1 Å². The first-order chi connectivity index (χ1) is 18.0. The molecule has 0 saturated carbocycles. The van der Waals surface area contributed by atoms with Crippen molar-refractivity contribution in [1.82, 2.24) is 19.8 Å². The van der Waals surface area contributed by atoms with Crippen molar-refractivity contribution in [3.8, 4) is 11.5 Å². The number of rotatable bonds is 8. The van der Waals surface area contributed by atoms with Crippen LogP contribution in [0.25, 0.3) is 5.65 Å². The van der Waals surface area contributed by atoms with Gasteiger partial charge in [-0.1, -0.05) is 17.7 Å². The number of hydrogen-bond acceptors (Lipinski definition) is 8. The monoisotopic (exact) mass is 521 g/mol. The molecule has 11 heteroatoms. The van der Waals surface area contributed by atoms with E-state index in [4.69, 9.17) is 26.2 Å². The summed E-state index contributed by atoms with van der Waals surface area (Å²) in [6.07, 6.45) is 0.595. The highest BCUT2D eigenvalue weighted by molar-refractivity contribution is 6.31. The van der Waals surface area contributed by atoms with E-state index in [0.29, 0.717) is 34.4 Å². The molecule has 0 atom stereocenters. The highest BCUT2D eigenvalue weighted by Gasteiger charge is 2.20. The minimum Gasteiger partial charge on any atom is -0.497 e. The minimum absolute atomic E-state index is 0.179. The van der Waals surface area contributed by atoms with E-state index >= 15 is 0 Å². The summed E-state index contributed by atoms with van der Waals surface area (Å²) in [6, 6.07) is 17.1. The first-order valence-corrected chi connectivity index (χ1v) is 12.4. The molecular formula is C26H28ClN7O3. The van der Waals surface area contributed by atoms with E-state index in [0.717, 1.165) is 43.4 Å². The fourth-order valence-corrected chi connectivity index (χ4v) is 4.54. The number of aryl methyl sites for hydroxylation is 1. The van der Waals surface area contributed by atoms with Gasteiger partial charge >= 0.3 is 0 Å². The number of anilines is 3. The van der Waals surface area contributed by atoms with E-state index in [1.165, 1.54) is 0 Å². The van der Waals surface area contributed by atoms with Gasteiger partial charge in [0.2, 0.25) is 5.91 Å². The predicted octanol–water partition coefficient (Wildman–Crippen LogP) is 3.69. The van der Waals surface area contributed by atoms with E-state index in [1.54, 1.807) is 36.9 Å². The largest absolute Gasteiger partial charge is 0.497 e. The summed E-state index contributed by atoms with van der Waals surface area (Å²) in [5, 5.41) is 16.6. The Labute approximate surface area is 219 Å². The van der Waals surface area contributed by atoms with Crippen LogP contribution >= 0.6 is 11.6 Å². The lowest BCUT2D eigenvalue weighted by Crippen LogP contribution is -2.47. The maximum absolute atomic E-state index is 12.6. The minimum atomic E-state index is -0.179. The molecule has 192 valence electrons. The number of benzene rings is 2. The second-order valence-electron chi connectivity index (χ2n) is 8.65. The van der Waals surface area contributed by atoms with Gasteiger partial charge in [0, 0.05) is 55.8 Å². The van der Waals surface area contributed by atoms with Gasteiger partial charge in [-0.25, -0.2) is 0 Å². The molecule has 4 aromatic rings. The molecule has 5 rings (SSSR count). The van der Waals surface area contributed by atoms with Crippen LogP contribution < -0.4 is 24.6 Å². The molecule has 1 saturated heterocycles. The highest BCUT2D eigenvalue weighted by Crippen LogP contribution is 2.28. The number of amides is 1. The Morgan fingerprint density at radius 2 is 1.78 bits per heavy atom. The summed E-state index contributed by atoms with van der Waals surface area (Å²) < 4.78 is 12.4. The van der Waals surface area contributed by atoms with E-state index in [2.05, 4.69) is 37.4 Å². The molecule has 1 aliphatic heterocycles. The number of piperazine rings is 1. The van der Waals surface area contributed by atoms with Gasteiger partial charge in [0.1, 0.15) is 17.3 Å². The molecule has 0 aliphatic carbocycles. The van der Waals surface area contributed by atoms with Crippen LogP contribution in [0.4, 0.5) is 17.2 Å². The average molecular weight is 522 g/mol. The average Bonchev–Trinajstić information content (AvgIpc) is 3.34. The molecule has 1 aliphatic rings. The molecule has 0 radical (unpaired) electrons. The van der Waals surface area contributed by atoms with Gasteiger partial charge in [0.25, 0.3) is 0 Å². The van der Waals surface area contributed by atoms with Crippen LogP contribution in [0.15, 0.2) is 54.6 Å². The summed E-state index contributed by atoms with van der Waals surface area (Å²) in [5.41, 5.74) is 2.32. The SMILES string of the molecule is COc1cccc(N2CCN(c3ccc4nnc(CCC(=O)Nc5cc(Cl)ccc5OC)n4n3)CC2)c1. The van der Waals surface area contributed by atoms with E-state index in [-0.39, 0.29) is 12.3 Å². The summed E-state index contributed by atoms with van der Waals surface area (Å²) in [7, 11) is 3.23. The standard InChI is InChI=1S/C26H28ClN7O3/c1-36-20-5-3-4-19(17-20)32-12-14-33(15-13-32)25-9-8-23-29-30-24(34(23)31-25)10-11-26(35)28-21-16-18(27)6-7-22(21)37-2/h3-9,16-17H,10-15H2,1-2H3,(H,28,35). The number of halogens is 1. The summed E-state index contributed by atoms with van der Waals surface area (Å²) in [6.45, 7) is 3.40. The molecule has 10 nitrogen and oxygen atoms in total. The van der Waals surface area contributed by atoms with Crippen LogP contribution in [0.1, 0.15) is 12.2 Å². The second kappa shape index (κ2) is 10.9. The molecular weight excluding hydrogens is 494 g/mol. The molecule has 3 heterocycles. The van der Waals surface area contributed by atoms with E-state index < -0.39 is 0 Å². The Kier molecular flexibility index (Phi) is 7.27. The summed E-state index contributed by atoms with van der Waals surface area (Å²) >= 11 is 6.06. The van der Waals surface area contributed by atoms with Crippen LogP contribution in [0.3, 0.4) is 0 Å². The Balaban J connectivity index is 1.23. The van der Waals surface area contributed by atoms with Gasteiger partial charge < -0.3 is 24.6 Å². The number of methoxy groups -OCH3 is 2. The number of fused-ring (bicyclic) bond motifs is 1. The molecule has 1 fully saturated rings. The number of hydrogen-bond donors (Lipinski definition) is 1. The zero-order chi connectivity index (χ0) is 25.8. The zero-order valence-corrected chi connectivity index (χ0v) is 21.5. The summed E-state index contributed by atoms with van der Waals surface area (Å²) in [5.74, 6) is 2.70. The third kappa shape index (κ3) is 5.54. The number of carbonyl (C=O) groups is 1. The molecule has 37 heavy (non-hydrogen) atoms. The Hall–Kier alpha value is -4.05. The van der Waals surface area contributed by atoms with Crippen LogP contribution in [-0.2, 0) is 11.2 Å². The van der Waals surface area contributed by atoms with Crippen molar-refractivity contribution in [2.75, 3.05) is 55.5 Å². The lowest BCUT2D eigenvalue weighted by atomic mass is 10.2. The number of nitrogens with zero attached hydrogens (tertiary/aromatic N) is 6. The van der Waals surface area contributed by atoms with Crippen molar-refractivity contribution in [2.45, 2.75) is 12.8 Å². The van der Waals surface area contributed by atoms with E-state index in [9.17, 15) is 4.79 Å². The fourth-order valence-electron chi connectivity index (χ4n) is 4.37. The zero-order valence-electron chi connectivity index (χ0n) is 20.7. The number of aromatic nitrogens is 4. The molecule has 0 spiro atoms. The van der Waals surface area contributed by atoms with Crippen LogP contribution in [0, 0.1) is 0 Å². The lowest BCUT2D eigenvalue weighted by molar-refractivity contribution is -0.116. The molecule has 2 aromatic heterocycles. The van der Waals surface area contributed by atoms with Crippen LogP contribution in [-0.4, -0.2) is 66.1 Å². The van der Waals surface area contributed by atoms with Crippen molar-refractivity contribution >= 4 is 40.3 Å². The number of carbonyl (C=O) groups excluding carboxylic acids is 1.